The maximum Gasteiger partial charge on any atom is -0.0224 e. The first-order chi connectivity index (χ1) is 5.11. The topological polar surface area (TPSA) is 0 Å². The predicted octanol–water partition coefficient (Wildman–Crippen LogP) is 3.58. The van der Waals surface area contributed by atoms with Gasteiger partial charge < -0.3 is 0 Å². The van der Waals surface area contributed by atoms with Crippen LogP contribution in [0.5, 0.6) is 0 Å². The second-order valence-electron chi connectivity index (χ2n) is 2.78. The van der Waals surface area contributed by atoms with Crippen molar-refractivity contribution in [3.8, 4) is 0 Å². The van der Waals surface area contributed by atoms with Crippen LogP contribution in [-0.2, 0) is 0 Å². The van der Waals surface area contributed by atoms with Crippen molar-refractivity contribution < 1.29 is 0 Å². The molecular weight excluding hydrogens is 151 g/mol. The van der Waals surface area contributed by atoms with Gasteiger partial charge >= 0.3 is 0 Å². The van der Waals surface area contributed by atoms with Crippen molar-refractivity contribution in [1.29, 1.82) is 0 Å². The molecule has 1 atom stereocenters. The number of hydrogen-bond donors (Lipinski definition) is 0. The van der Waals surface area contributed by atoms with Crippen LogP contribution in [0.2, 0.25) is 0 Å². The van der Waals surface area contributed by atoms with E-state index in [1.807, 2.05) is 6.08 Å². The summed E-state index contributed by atoms with van der Waals surface area (Å²) in [4.78, 5) is 0. The molecule has 0 bridgehead atoms. The van der Waals surface area contributed by atoms with Crippen LogP contribution in [0, 0.1) is 5.92 Å². The SMILES string of the molecule is C=C/C(=C\C(=C)C(C)C)PC. The fraction of sp³-hybridized carbons (Fsp3) is 0.400. The molecule has 0 aliphatic heterocycles. The lowest BCUT2D eigenvalue weighted by Crippen LogP contribution is -1.87. The molecular formula is C10H17P. The lowest BCUT2D eigenvalue weighted by Gasteiger charge is -2.04. The minimum atomic E-state index is 0.543. The van der Waals surface area contributed by atoms with Crippen molar-refractivity contribution in [1.82, 2.24) is 0 Å². The van der Waals surface area contributed by atoms with E-state index < -0.39 is 0 Å². The van der Waals surface area contributed by atoms with Gasteiger partial charge in [-0.2, -0.15) is 0 Å². The molecule has 0 fully saturated rings. The van der Waals surface area contributed by atoms with Crippen molar-refractivity contribution in [2.75, 3.05) is 6.66 Å². The normalized spacial score (nSPS) is 12.9. The van der Waals surface area contributed by atoms with Crippen molar-refractivity contribution in [3.05, 3.63) is 36.2 Å². The average Bonchev–Trinajstić information content (AvgIpc) is 1.99. The van der Waals surface area contributed by atoms with E-state index in [-0.39, 0.29) is 0 Å². The molecule has 0 aromatic carbocycles. The van der Waals surface area contributed by atoms with Gasteiger partial charge in [0.2, 0.25) is 0 Å². The minimum absolute atomic E-state index is 0.543. The minimum Gasteiger partial charge on any atom is -0.0984 e. The second-order valence-corrected chi connectivity index (χ2v) is 3.86. The van der Waals surface area contributed by atoms with E-state index >= 15 is 0 Å². The van der Waals surface area contributed by atoms with E-state index in [4.69, 9.17) is 0 Å². The van der Waals surface area contributed by atoms with Crippen LogP contribution in [0.1, 0.15) is 13.8 Å². The largest absolute Gasteiger partial charge is 0.0984 e. The molecule has 0 aromatic rings. The summed E-state index contributed by atoms with van der Waals surface area (Å²) in [5.74, 6) is 0.543. The third-order valence-corrected chi connectivity index (χ3v) is 2.52. The van der Waals surface area contributed by atoms with Crippen molar-refractivity contribution in [2.45, 2.75) is 13.8 Å². The number of rotatable bonds is 4. The quantitative estimate of drug-likeness (QED) is 0.444. The molecule has 0 saturated carbocycles. The van der Waals surface area contributed by atoms with Crippen LogP contribution in [0.3, 0.4) is 0 Å². The third-order valence-electron chi connectivity index (χ3n) is 1.59. The molecule has 0 rings (SSSR count). The van der Waals surface area contributed by atoms with Gasteiger partial charge in [0.15, 0.2) is 0 Å². The molecule has 0 aliphatic carbocycles. The van der Waals surface area contributed by atoms with E-state index in [0.29, 0.717) is 5.92 Å². The first-order valence-electron chi connectivity index (χ1n) is 3.82. The van der Waals surface area contributed by atoms with E-state index in [1.165, 1.54) is 10.9 Å². The molecule has 0 spiro atoms. The summed E-state index contributed by atoms with van der Waals surface area (Å²) in [6.45, 7) is 14.2. The molecule has 0 heterocycles. The Balaban J connectivity index is 4.26. The van der Waals surface area contributed by atoms with Gasteiger partial charge in [-0.05, 0) is 17.9 Å². The summed E-state index contributed by atoms with van der Waals surface area (Å²) in [5.41, 5.74) is 1.19. The smallest absolute Gasteiger partial charge is 0.0224 e. The fourth-order valence-electron chi connectivity index (χ4n) is 0.600. The molecule has 0 N–H and O–H groups in total. The van der Waals surface area contributed by atoms with E-state index in [0.717, 1.165) is 8.58 Å². The molecule has 0 nitrogen and oxygen atoms in total. The van der Waals surface area contributed by atoms with Crippen LogP contribution in [0.15, 0.2) is 36.2 Å². The number of hydrogen-bond acceptors (Lipinski definition) is 0. The Hall–Kier alpha value is -0.350. The molecule has 1 unspecified atom stereocenters. The van der Waals surface area contributed by atoms with Crippen LogP contribution in [0.4, 0.5) is 0 Å². The summed E-state index contributed by atoms with van der Waals surface area (Å²) in [7, 11) is 0.817. The van der Waals surface area contributed by atoms with Gasteiger partial charge in [-0.25, -0.2) is 0 Å². The standard InChI is InChI=1S/C10H17P/c1-6-10(11-5)7-9(4)8(2)3/h6-8,11H,1,4H2,2-3,5H3/b10-7+. The zero-order chi connectivity index (χ0) is 8.85. The van der Waals surface area contributed by atoms with Gasteiger partial charge in [-0.3, -0.25) is 0 Å². The molecule has 0 saturated heterocycles. The highest BCUT2D eigenvalue weighted by Gasteiger charge is 1.96. The zero-order valence-corrected chi connectivity index (χ0v) is 8.65. The molecule has 1 heteroatoms. The van der Waals surface area contributed by atoms with Gasteiger partial charge in [0, 0.05) is 0 Å². The maximum absolute atomic E-state index is 3.97. The van der Waals surface area contributed by atoms with Gasteiger partial charge in [-0.15, -0.1) is 0 Å². The van der Waals surface area contributed by atoms with Crippen LogP contribution in [-0.4, -0.2) is 6.66 Å². The van der Waals surface area contributed by atoms with Gasteiger partial charge in [0.05, 0.1) is 0 Å². The predicted molar refractivity (Wildman–Crippen MR) is 56.5 cm³/mol. The first kappa shape index (κ1) is 10.7. The Morgan fingerprint density at radius 2 is 2.00 bits per heavy atom. The Morgan fingerprint density at radius 3 is 2.27 bits per heavy atom. The van der Waals surface area contributed by atoms with E-state index in [2.05, 4.69) is 39.7 Å². The third kappa shape index (κ3) is 4.16. The van der Waals surface area contributed by atoms with Crippen molar-refractivity contribution in [2.24, 2.45) is 5.92 Å². The number of allylic oxidation sites excluding steroid dienone is 4. The van der Waals surface area contributed by atoms with Gasteiger partial charge in [-0.1, -0.05) is 53.3 Å². The zero-order valence-electron chi connectivity index (χ0n) is 7.65. The Bertz CT molecular complexity index is 175. The molecule has 11 heavy (non-hydrogen) atoms. The summed E-state index contributed by atoms with van der Waals surface area (Å²) in [6.07, 6.45) is 4.04. The highest BCUT2D eigenvalue weighted by atomic mass is 31.1. The van der Waals surface area contributed by atoms with Gasteiger partial charge in [0.1, 0.15) is 0 Å². The highest BCUT2D eigenvalue weighted by Crippen LogP contribution is 2.23. The summed E-state index contributed by atoms with van der Waals surface area (Å²) >= 11 is 0. The average molecular weight is 168 g/mol. The van der Waals surface area contributed by atoms with E-state index in [1.54, 1.807) is 0 Å². The maximum atomic E-state index is 3.97. The first-order valence-corrected chi connectivity index (χ1v) is 5.32. The fourth-order valence-corrected chi connectivity index (χ4v) is 1.13. The van der Waals surface area contributed by atoms with Crippen LogP contribution >= 0.6 is 8.58 Å². The van der Waals surface area contributed by atoms with Gasteiger partial charge in [0.25, 0.3) is 0 Å². The van der Waals surface area contributed by atoms with Crippen LogP contribution < -0.4 is 0 Å². The lowest BCUT2D eigenvalue weighted by atomic mass is 10.1. The second kappa shape index (κ2) is 5.32. The molecule has 0 radical (unpaired) electrons. The Labute approximate surface area is 71.9 Å². The van der Waals surface area contributed by atoms with Crippen molar-refractivity contribution >= 4 is 8.58 Å². The highest BCUT2D eigenvalue weighted by molar-refractivity contribution is 7.42. The Kier molecular flexibility index (Phi) is 5.15. The Morgan fingerprint density at radius 1 is 1.45 bits per heavy atom. The van der Waals surface area contributed by atoms with E-state index in [9.17, 15) is 0 Å². The van der Waals surface area contributed by atoms with Crippen molar-refractivity contribution in [3.63, 3.8) is 0 Å². The van der Waals surface area contributed by atoms with Crippen LogP contribution in [0.25, 0.3) is 0 Å². The summed E-state index contributed by atoms with van der Waals surface area (Å²) < 4.78 is 0. The molecule has 62 valence electrons. The monoisotopic (exact) mass is 168 g/mol. The molecule has 0 aliphatic rings. The summed E-state index contributed by atoms with van der Waals surface area (Å²) in [6, 6.07) is 0. The molecule has 0 amide bonds. The molecule has 0 aromatic heterocycles. The lowest BCUT2D eigenvalue weighted by molar-refractivity contribution is 0.795. The summed E-state index contributed by atoms with van der Waals surface area (Å²) in [5, 5.41) is 1.30.